The average molecular weight is 350 g/mol. The number of hydrogen-bond acceptors (Lipinski definition) is 4. The Morgan fingerprint density at radius 3 is 3.15 bits per heavy atom. The summed E-state index contributed by atoms with van der Waals surface area (Å²) in [5.41, 5.74) is 5.36. The minimum Gasteiger partial charge on any atom is -0.493 e. The Labute approximate surface area is 153 Å². The lowest BCUT2D eigenvalue weighted by Gasteiger charge is -2.12. The normalized spacial score (nSPS) is 23.4. The van der Waals surface area contributed by atoms with Gasteiger partial charge in [-0.25, -0.2) is 0 Å². The summed E-state index contributed by atoms with van der Waals surface area (Å²) in [6.07, 6.45) is 12.9. The third kappa shape index (κ3) is 3.17. The van der Waals surface area contributed by atoms with Crippen molar-refractivity contribution in [3.05, 3.63) is 64.8 Å². The second-order valence-electron chi connectivity index (χ2n) is 6.78. The molecule has 1 aliphatic carbocycles. The van der Waals surface area contributed by atoms with Crippen molar-refractivity contribution < 1.29 is 14.4 Å². The monoisotopic (exact) mass is 350 g/mol. The van der Waals surface area contributed by atoms with Crippen LogP contribution in [-0.2, 0) is 22.6 Å². The topological polar surface area (TPSA) is 59.9 Å². The predicted molar refractivity (Wildman–Crippen MR) is 100 cm³/mol. The van der Waals surface area contributed by atoms with Crippen LogP contribution in [0.5, 0.6) is 5.75 Å². The van der Waals surface area contributed by atoms with Crippen molar-refractivity contribution in [1.82, 2.24) is 5.32 Å². The van der Waals surface area contributed by atoms with Crippen LogP contribution >= 0.6 is 0 Å². The molecule has 0 spiro atoms. The standard InChI is InChI=1S/C21H22N2O3/c1-14-3-2-4-15(6-5-14)20-11-19(23-26-20)17-8-7-16(12-22-13-24)21-18(17)9-10-25-21/h2-8,13-14,20H,9-12H2,1H3,(H,22,24). The number of rotatable bonds is 5. The van der Waals surface area contributed by atoms with Crippen LogP contribution in [0.4, 0.5) is 0 Å². The van der Waals surface area contributed by atoms with Crippen LogP contribution in [-0.4, -0.2) is 24.8 Å². The van der Waals surface area contributed by atoms with Crippen molar-refractivity contribution in [3.8, 4) is 5.75 Å². The minimum absolute atomic E-state index is 0.0504. The first-order valence-electron chi connectivity index (χ1n) is 9.00. The summed E-state index contributed by atoms with van der Waals surface area (Å²) in [5.74, 6) is 1.31. The number of carbonyl (C=O) groups is 1. The maximum Gasteiger partial charge on any atom is 0.207 e. The first kappa shape index (κ1) is 16.6. The zero-order valence-electron chi connectivity index (χ0n) is 14.8. The Morgan fingerprint density at radius 1 is 1.35 bits per heavy atom. The summed E-state index contributed by atoms with van der Waals surface area (Å²) in [6, 6.07) is 4.07. The number of nitrogens with zero attached hydrogens (tertiary/aromatic N) is 1. The Balaban J connectivity index is 1.55. The van der Waals surface area contributed by atoms with E-state index in [0.29, 0.717) is 25.5 Å². The van der Waals surface area contributed by atoms with Gasteiger partial charge >= 0.3 is 0 Å². The number of oxime groups is 1. The molecular formula is C21H22N2O3. The van der Waals surface area contributed by atoms with Gasteiger partial charge in [0.05, 0.1) is 12.3 Å². The molecule has 1 N–H and O–H groups in total. The summed E-state index contributed by atoms with van der Waals surface area (Å²) in [6.45, 7) is 3.29. The largest absolute Gasteiger partial charge is 0.493 e. The molecule has 5 heteroatoms. The molecule has 3 aliphatic rings. The molecule has 1 amide bonds. The lowest BCUT2D eigenvalue weighted by Crippen LogP contribution is -2.13. The molecule has 2 atom stereocenters. The lowest BCUT2D eigenvalue weighted by molar-refractivity contribution is -0.109. The van der Waals surface area contributed by atoms with Gasteiger partial charge in [0.2, 0.25) is 6.41 Å². The van der Waals surface area contributed by atoms with Crippen molar-refractivity contribution in [1.29, 1.82) is 0 Å². The number of ether oxygens (including phenoxy) is 1. The smallest absolute Gasteiger partial charge is 0.207 e. The molecule has 1 aromatic carbocycles. The Bertz CT molecular complexity index is 836. The fraction of sp³-hybridized carbons (Fsp3) is 0.333. The van der Waals surface area contributed by atoms with Crippen molar-refractivity contribution >= 4 is 12.1 Å². The highest BCUT2D eigenvalue weighted by Gasteiger charge is 2.29. The van der Waals surface area contributed by atoms with Crippen LogP contribution in [0.1, 0.15) is 30.0 Å². The fourth-order valence-electron chi connectivity index (χ4n) is 3.58. The first-order valence-corrected chi connectivity index (χ1v) is 9.00. The maximum atomic E-state index is 10.6. The second-order valence-corrected chi connectivity index (χ2v) is 6.78. The van der Waals surface area contributed by atoms with E-state index in [1.54, 1.807) is 0 Å². The van der Waals surface area contributed by atoms with Gasteiger partial charge in [-0.15, -0.1) is 0 Å². The molecule has 134 valence electrons. The van der Waals surface area contributed by atoms with Crippen LogP contribution in [0.15, 0.2) is 53.2 Å². The second kappa shape index (κ2) is 7.20. The molecule has 2 unspecified atom stereocenters. The summed E-state index contributed by atoms with van der Waals surface area (Å²) in [5, 5.41) is 7.08. The van der Waals surface area contributed by atoms with Gasteiger partial charge < -0.3 is 14.9 Å². The molecule has 1 aromatic rings. The van der Waals surface area contributed by atoms with Gasteiger partial charge in [-0.05, 0) is 11.5 Å². The number of allylic oxidation sites excluding steroid dienone is 4. The molecule has 2 aliphatic heterocycles. The van der Waals surface area contributed by atoms with Gasteiger partial charge in [-0.1, -0.05) is 54.6 Å². The van der Waals surface area contributed by atoms with E-state index in [4.69, 9.17) is 9.57 Å². The molecule has 0 radical (unpaired) electrons. The van der Waals surface area contributed by atoms with E-state index in [-0.39, 0.29) is 6.10 Å². The third-order valence-corrected chi connectivity index (χ3v) is 4.96. The van der Waals surface area contributed by atoms with E-state index >= 15 is 0 Å². The van der Waals surface area contributed by atoms with Gasteiger partial charge in [-0.2, -0.15) is 0 Å². The van der Waals surface area contributed by atoms with Gasteiger partial charge in [0.15, 0.2) is 6.10 Å². The summed E-state index contributed by atoms with van der Waals surface area (Å²) in [7, 11) is 0. The molecule has 5 nitrogen and oxygen atoms in total. The fourth-order valence-corrected chi connectivity index (χ4v) is 3.58. The molecular weight excluding hydrogens is 328 g/mol. The van der Waals surface area contributed by atoms with Crippen molar-refractivity contribution in [2.45, 2.75) is 32.4 Å². The molecule has 0 saturated heterocycles. The van der Waals surface area contributed by atoms with E-state index in [1.165, 1.54) is 0 Å². The zero-order chi connectivity index (χ0) is 17.9. The number of carbonyl (C=O) groups excluding carboxylic acids is 1. The van der Waals surface area contributed by atoms with E-state index in [0.717, 1.165) is 46.6 Å². The quantitative estimate of drug-likeness (QED) is 0.831. The van der Waals surface area contributed by atoms with E-state index < -0.39 is 0 Å². The van der Waals surface area contributed by atoms with Crippen LogP contribution in [0.3, 0.4) is 0 Å². The Kier molecular flexibility index (Phi) is 4.61. The lowest BCUT2D eigenvalue weighted by atomic mass is 9.93. The molecule has 4 rings (SSSR count). The molecule has 0 fully saturated rings. The molecule has 0 aromatic heterocycles. The first-order chi connectivity index (χ1) is 12.8. The summed E-state index contributed by atoms with van der Waals surface area (Å²) >= 11 is 0. The third-order valence-electron chi connectivity index (χ3n) is 4.96. The van der Waals surface area contributed by atoms with E-state index in [9.17, 15) is 4.79 Å². The number of benzene rings is 1. The minimum atomic E-state index is -0.0504. The number of fused-ring (bicyclic) bond motifs is 1. The van der Waals surface area contributed by atoms with Gasteiger partial charge in [0.25, 0.3) is 0 Å². The Morgan fingerprint density at radius 2 is 2.27 bits per heavy atom. The van der Waals surface area contributed by atoms with Crippen molar-refractivity contribution in [2.75, 3.05) is 6.61 Å². The van der Waals surface area contributed by atoms with Crippen molar-refractivity contribution in [3.63, 3.8) is 0 Å². The number of nitrogens with one attached hydrogen (secondary N) is 1. The predicted octanol–water partition coefficient (Wildman–Crippen LogP) is 3.05. The van der Waals surface area contributed by atoms with Crippen LogP contribution in [0, 0.1) is 5.92 Å². The highest BCUT2D eigenvalue weighted by molar-refractivity contribution is 6.03. The molecule has 0 bridgehead atoms. The molecule has 0 saturated carbocycles. The van der Waals surface area contributed by atoms with Gasteiger partial charge in [0.1, 0.15) is 5.75 Å². The van der Waals surface area contributed by atoms with Crippen LogP contribution in [0.2, 0.25) is 0 Å². The zero-order valence-corrected chi connectivity index (χ0v) is 14.8. The van der Waals surface area contributed by atoms with Crippen molar-refractivity contribution in [2.24, 2.45) is 11.1 Å². The van der Waals surface area contributed by atoms with Gasteiger partial charge in [0, 0.05) is 36.1 Å². The van der Waals surface area contributed by atoms with E-state index in [2.05, 4.69) is 53.8 Å². The average Bonchev–Trinajstić information content (AvgIpc) is 3.28. The molecule has 26 heavy (non-hydrogen) atoms. The van der Waals surface area contributed by atoms with Gasteiger partial charge in [-0.3, -0.25) is 4.79 Å². The number of amides is 1. The van der Waals surface area contributed by atoms with Crippen LogP contribution in [0.25, 0.3) is 0 Å². The Hall–Kier alpha value is -2.82. The SMILES string of the molecule is CC1C=CC=C(C2CC(c3ccc(CNC=O)c4c3CCO4)=NO2)C=C1. The highest BCUT2D eigenvalue weighted by Crippen LogP contribution is 2.35. The molecule has 2 heterocycles. The summed E-state index contributed by atoms with van der Waals surface area (Å²) < 4.78 is 5.81. The highest BCUT2D eigenvalue weighted by atomic mass is 16.6. The maximum absolute atomic E-state index is 10.6. The van der Waals surface area contributed by atoms with E-state index in [1.807, 2.05) is 6.07 Å². The number of hydrogen-bond donors (Lipinski definition) is 1. The van der Waals surface area contributed by atoms with Crippen LogP contribution < -0.4 is 10.1 Å². The summed E-state index contributed by atoms with van der Waals surface area (Å²) in [4.78, 5) is 16.3.